The van der Waals surface area contributed by atoms with E-state index >= 15 is 0 Å². The maximum absolute atomic E-state index is 7.45. The van der Waals surface area contributed by atoms with E-state index in [2.05, 4.69) is 313 Å². The summed E-state index contributed by atoms with van der Waals surface area (Å²) in [6.07, 6.45) is 0. The minimum absolute atomic E-state index is 0.0234. The number of anilines is 6. The van der Waals surface area contributed by atoms with Crippen molar-refractivity contribution < 1.29 is 8.83 Å². The van der Waals surface area contributed by atoms with Gasteiger partial charge in [0, 0.05) is 66.8 Å². The van der Waals surface area contributed by atoms with Gasteiger partial charge in [-0.3, -0.25) is 0 Å². The van der Waals surface area contributed by atoms with E-state index in [0.29, 0.717) is 0 Å². The molecule has 0 aliphatic rings. The summed E-state index contributed by atoms with van der Waals surface area (Å²) in [7, 11) is 0. The molecule has 4 heteroatoms. The Morgan fingerprint density at radius 1 is 0.298 bits per heavy atom. The highest BCUT2D eigenvalue weighted by atomic mass is 16.3. The van der Waals surface area contributed by atoms with E-state index in [1.807, 2.05) is 0 Å². The Morgan fingerprint density at radius 2 is 0.655 bits per heavy atom. The van der Waals surface area contributed by atoms with Gasteiger partial charge in [-0.2, -0.15) is 0 Å². The summed E-state index contributed by atoms with van der Waals surface area (Å²) in [5.74, 6) is 0. The molecule has 0 saturated carbocycles. The number of hydrogen-bond donors (Lipinski definition) is 0. The Bertz CT molecular complexity index is 4420. The predicted octanol–water partition coefficient (Wildman–Crippen LogP) is 23.9. The van der Waals surface area contributed by atoms with Crippen LogP contribution in [0.4, 0.5) is 34.1 Å². The van der Waals surface area contributed by atoms with Crippen LogP contribution < -0.4 is 9.80 Å². The van der Waals surface area contributed by atoms with Crippen molar-refractivity contribution in [1.82, 2.24) is 0 Å². The predicted molar refractivity (Wildman–Crippen MR) is 361 cm³/mol. The van der Waals surface area contributed by atoms with E-state index in [1.165, 1.54) is 44.8 Å². The van der Waals surface area contributed by atoms with Crippen LogP contribution >= 0.6 is 0 Å². The fraction of sp³-hybridized carbons (Fsp3) is 0.225. The Hall–Kier alpha value is -8.86. The Kier molecular flexibility index (Phi) is 12.9. The Morgan fingerprint density at radius 3 is 1.02 bits per heavy atom. The molecule has 11 aromatic carbocycles. The van der Waals surface area contributed by atoms with E-state index < -0.39 is 0 Å². The van der Waals surface area contributed by atoms with Crippen LogP contribution in [0.1, 0.15) is 116 Å². The van der Waals surface area contributed by atoms with Gasteiger partial charge in [-0.1, -0.05) is 204 Å². The number of benzene rings is 11. The summed E-state index contributed by atoms with van der Waals surface area (Å²) in [6, 6.07) is 76.5. The van der Waals surface area contributed by atoms with Gasteiger partial charge in [0.25, 0.3) is 0 Å². The van der Waals surface area contributed by atoms with Crippen LogP contribution in [0.3, 0.4) is 0 Å². The molecular formula is C80H76N2O2. The molecule has 0 unspecified atom stereocenters. The van der Waals surface area contributed by atoms with Crippen LogP contribution in [-0.2, 0) is 21.7 Å². The Balaban J connectivity index is 1.04. The molecule has 13 rings (SSSR count). The van der Waals surface area contributed by atoms with Crippen molar-refractivity contribution in [3.63, 3.8) is 0 Å². The topological polar surface area (TPSA) is 32.8 Å². The van der Waals surface area contributed by atoms with Gasteiger partial charge < -0.3 is 18.6 Å². The third-order valence-corrected chi connectivity index (χ3v) is 17.4. The van der Waals surface area contributed by atoms with Crippen molar-refractivity contribution in [3.05, 3.63) is 240 Å². The van der Waals surface area contributed by atoms with E-state index in [-0.39, 0.29) is 21.7 Å². The van der Waals surface area contributed by atoms with Gasteiger partial charge in [0.2, 0.25) is 0 Å². The SMILES string of the molecule is Cc1ccc(C(C)(C)C)cc1N(c1cccc(C(C)(C)C)c1)c1ccc2cc3c(cc2c1)oc1c(-c2ccccc2)c2c(oc4cc5cc(N(c6cccc(C(C)(C)C)c6)c6cc(C(C)(C)C)ccc6C)ccc5cc42)c(-c2ccccc2)c13. The quantitative estimate of drug-likeness (QED) is 0.152. The first-order valence-corrected chi connectivity index (χ1v) is 29.9. The van der Waals surface area contributed by atoms with Gasteiger partial charge in [-0.05, 0) is 186 Å². The molecule has 0 atom stereocenters. The molecule has 0 bridgehead atoms. The lowest BCUT2D eigenvalue weighted by atomic mass is 9.85. The van der Waals surface area contributed by atoms with Gasteiger partial charge in [0.05, 0.1) is 0 Å². The summed E-state index contributed by atoms with van der Waals surface area (Å²) >= 11 is 0. The molecule has 0 N–H and O–H groups in total. The monoisotopic (exact) mass is 1100 g/mol. The van der Waals surface area contributed by atoms with Gasteiger partial charge >= 0.3 is 0 Å². The van der Waals surface area contributed by atoms with Gasteiger partial charge in [-0.25, -0.2) is 0 Å². The third-order valence-electron chi connectivity index (χ3n) is 17.4. The second-order valence-corrected chi connectivity index (χ2v) is 27.6. The summed E-state index contributed by atoms with van der Waals surface area (Å²) < 4.78 is 14.9. The molecule has 0 spiro atoms. The molecule has 0 saturated heterocycles. The van der Waals surface area contributed by atoms with Gasteiger partial charge in [0.1, 0.15) is 22.3 Å². The molecule has 0 aliphatic carbocycles. The zero-order valence-corrected chi connectivity index (χ0v) is 51.3. The second kappa shape index (κ2) is 19.9. The largest absolute Gasteiger partial charge is 0.455 e. The zero-order valence-electron chi connectivity index (χ0n) is 51.3. The van der Waals surface area contributed by atoms with E-state index in [4.69, 9.17) is 8.83 Å². The highest BCUT2D eigenvalue weighted by molar-refractivity contribution is 6.31. The standard InChI is InChI=1S/C80H76N2O2/c1-49-31-35-59(79(9,10)11)47-67(49)81(61-29-21-27-57(45-61)77(3,4)5)63-37-33-53-41-65-69(43-55(53)39-63)83-75-72(52-25-19-16-20-26-52)74-66-42-54-34-38-64(40-56(54)44-70(66)84-76(74)71(73(65)75)51-23-17-15-18-24-51)82(62-30-22-28-58(46-62)78(6,7)8)68-48-60(80(12,13)14)36-32-50(68)2/h15-48H,1-14H3. The van der Waals surface area contributed by atoms with E-state index in [0.717, 1.165) is 110 Å². The Labute approximate surface area is 496 Å². The fourth-order valence-corrected chi connectivity index (χ4v) is 12.5. The number of hydrogen-bond acceptors (Lipinski definition) is 4. The molecule has 4 nitrogen and oxygen atoms in total. The van der Waals surface area contributed by atoms with Crippen LogP contribution in [-0.4, -0.2) is 0 Å². The van der Waals surface area contributed by atoms with Crippen LogP contribution in [0.2, 0.25) is 0 Å². The third kappa shape index (κ3) is 9.60. The minimum atomic E-state index is -0.0260. The highest BCUT2D eigenvalue weighted by Gasteiger charge is 2.29. The molecule has 2 aromatic heterocycles. The highest BCUT2D eigenvalue weighted by Crippen LogP contribution is 2.53. The van der Waals surface area contributed by atoms with E-state index in [1.54, 1.807) is 0 Å². The van der Waals surface area contributed by atoms with Crippen molar-refractivity contribution in [2.75, 3.05) is 9.80 Å². The maximum Gasteiger partial charge on any atom is 0.144 e. The first-order chi connectivity index (χ1) is 40.0. The first kappa shape index (κ1) is 54.4. The second-order valence-electron chi connectivity index (χ2n) is 27.6. The lowest BCUT2D eigenvalue weighted by Crippen LogP contribution is -2.17. The number of nitrogens with zero attached hydrogens (tertiary/aromatic N) is 2. The summed E-state index contributed by atoms with van der Waals surface area (Å²) in [4.78, 5) is 4.89. The molecule has 84 heavy (non-hydrogen) atoms. The number of fused-ring (bicyclic) bond motifs is 8. The molecule has 2 heterocycles. The van der Waals surface area contributed by atoms with Crippen molar-refractivity contribution in [1.29, 1.82) is 0 Å². The summed E-state index contributed by atoms with van der Waals surface area (Å²) in [5, 5.41) is 8.62. The average molecular weight is 1100 g/mol. The van der Waals surface area contributed by atoms with Gasteiger partial charge in [0.15, 0.2) is 0 Å². The molecule has 418 valence electrons. The van der Waals surface area contributed by atoms with Crippen LogP contribution in [0.15, 0.2) is 215 Å². The molecule has 0 fully saturated rings. The number of furan rings is 2. The average Bonchev–Trinajstić information content (AvgIpc) is 1.87. The normalized spacial score (nSPS) is 12.6. The maximum atomic E-state index is 7.45. The lowest BCUT2D eigenvalue weighted by molar-refractivity contribution is 0.589. The van der Waals surface area contributed by atoms with Crippen LogP contribution in [0.5, 0.6) is 0 Å². The van der Waals surface area contributed by atoms with Crippen LogP contribution in [0.25, 0.3) is 87.7 Å². The van der Waals surface area contributed by atoms with Crippen molar-refractivity contribution >= 4 is 99.5 Å². The molecule has 0 radical (unpaired) electrons. The van der Waals surface area contributed by atoms with Gasteiger partial charge in [-0.15, -0.1) is 0 Å². The lowest BCUT2D eigenvalue weighted by Gasteiger charge is -2.31. The fourth-order valence-electron chi connectivity index (χ4n) is 12.5. The minimum Gasteiger partial charge on any atom is -0.455 e. The van der Waals surface area contributed by atoms with Crippen molar-refractivity contribution in [2.24, 2.45) is 0 Å². The first-order valence-electron chi connectivity index (χ1n) is 29.9. The van der Waals surface area contributed by atoms with Crippen molar-refractivity contribution in [3.8, 4) is 22.3 Å². The number of rotatable bonds is 8. The summed E-state index contributed by atoms with van der Waals surface area (Å²) in [6.45, 7) is 31.9. The summed E-state index contributed by atoms with van der Waals surface area (Å²) in [5.41, 5.74) is 21.8. The van der Waals surface area contributed by atoms with Crippen molar-refractivity contribution in [2.45, 2.75) is 119 Å². The smallest absolute Gasteiger partial charge is 0.144 e. The number of aryl methyl sites for hydroxylation is 2. The molecule has 13 aromatic rings. The molecular weight excluding hydrogens is 1020 g/mol. The van der Waals surface area contributed by atoms with Crippen LogP contribution in [0, 0.1) is 13.8 Å². The zero-order chi connectivity index (χ0) is 58.8. The van der Waals surface area contributed by atoms with E-state index in [9.17, 15) is 0 Å². The molecule has 0 amide bonds. The molecule has 0 aliphatic heterocycles.